The summed E-state index contributed by atoms with van der Waals surface area (Å²) >= 11 is 0. The zero-order valence-electron chi connectivity index (χ0n) is 19.5. The highest BCUT2D eigenvalue weighted by Crippen LogP contribution is 2.45. The first-order valence-corrected chi connectivity index (χ1v) is 10.8. The van der Waals surface area contributed by atoms with Crippen LogP contribution in [0.1, 0.15) is 39.4 Å². The van der Waals surface area contributed by atoms with Crippen molar-refractivity contribution in [1.82, 2.24) is 0 Å². The van der Waals surface area contributed by atoms with Gasteiger partial charge in [0.2, 0.25) is 0 Å². The number of hydrogen-bond acceptors (Lipinski definition) is 4. The number of aliphatic hydroxyl groups excluding tert-OH is 1. The van der Waals surface area contributed by atoms with Gasteiger partial charge in [0.25, 0.3) is 11.7 Å². The Morgan fingerprint density at radius 1 is 0.848 bits per heavy atom. The van der Waals surface area contributed by atoms with E-state index in [9.17, 15) is 14.7 Å². The molecule has 33 heavy (non-hydrogen) atoms. The van der Waals surface area contributed by atoms with Crippen LogP contribution >= 0.6 is 0 Å². The molecule has 3 aromatic rings. The monoisotopic (exact) mass is 441 g/mol. The Morgan fingerprint density at radius 2 is 1.48 bits per heavy atom. The zero-order chi connectivity index (χ0) is 23.9. The molecule has 0 aromatic heterocycles. The molecule has 1 unspecified atom stereocenters. The Labute approximate surface area is 193 Å². The minimum absolute atomic E-state index is 0.0472. The second-order valence-electron chi connectivity index (χ2n) is 8.48. The highest BCUT2D eigenvalue weighted by Gasteiger charge is 2.48. The molecule has 0 radical (unpaired) electrons. The Hall–Kier alpha value is -3.86. The molecular weight excluding hydrogens is 414 g/mol. The van der Waals surface area contributed by atoms with Crippen molar-refractivity contribution >= 4 is 23.1 Å². The van der Waals surface area contributed by atoms with E-state index in [0.717, 1.165) is 22.3 Å². The van der Waals surface area contributed by atoms with Crippen LogP contribution in [0, 0.1) is 27.7 Å². The van der Waals surface area contributed by atoms with E-state index in [4.69, 9.17) is 4.74 Å². The van der Waals surface area contributed by atoms with Crippen molar-refractivity contribution in [3.63, 3.8) is 0 Å². The van der Waals surface area contributed by atoms with Crippen molar-refractivity contribution in [3.8, 4) is 5.75 Å². The lowest BCUT2D eigenvalue weighted by Crippen LogP contribution is -2.29. The predicted molar refractivity (Wildman–Crippen MR) is 130 cm³/mol. The van der Waals surface area contributed by atoms with Gasteiger partial charge in [0, 0.05) is 16.8 Å². The van der Waals surface area contributed by atoms with Crippen LogP contribution in [0.5, 0.6) is 5.75 Å². The number of rotatable bonds is 4. The first-order valence-electron chi connectivity index (χ1n) is 10.8. The lowest BCUT2D eigenvalue weighted by molar-refractivity contribution is -0.132. The second-order valence-corrected chi connectivity index (χ2v) is 8.48. The van der Waals surface area contributed by atoms with Gasteiger partial charge in [-0.05, 0) is 74.2 Å². The van der Waals surface area contributed by atoms with E-state index in [1.54, 1.807) is 19.2 Å². The fraction of sp³-hybridized carbons (Fsp3) is 0.214. The molecule has 1 aliphatic heterocycles. The minimum atomic E-state index is -0.829. The van der Waals surface area contributed by atoms with Crippen molar-refractivity contribution in [3.05, 3.63) is 99.6 Å². The summed E-state index contributed by atoms with van der Waals surface area (Å²) < 4.78 is 5.57. The summed E-state index contributed by atoms with van der Waals surface area (Å²) in [6.07, 6.45) is 0. The average molecular weight is 442 g/mol. The normalized spacial score (nSPS) is 17.5. The van der Waals surface area contributed by atoms with E-state index >= 15 is 0 Å². The summed E-state index contributed by atoms with van der Waals surface area (Å²) in [6.45, 7) is 7.87. The summed E-state index contributed by atoms with van der Waals surface area (Å²) in [5.74, 6) is -1.07. The van der Waals surface area contributed by atoms with Crippen LogP contribution in [0.25, 0.3) is 5.76 Å². The molecule has 1 aliphatic rings. The summed E-state index contributed by atoms with van der Waals surface area (Å²) in [7, 11) is 1.55. The van der Waals surface area contributed by atoms with Crippen molar-refractivity contribution in [2.75, 3.05) is 12.0 Å². The first-order chi connectivity index (χ1) is 15.7. The molecule has 1 heterocycles. The third-order valence-corrected chi connectivity index (χ3v) is 6.43. The number of carbonyl (C=O) groups is 2. The van der Waals surface area contributed by atoms with Crippen LogP contribution in [0.4, 0.5) is 5.69 Å². The molecule has 1 N–H and O–H groups in total. The number of para-hydroxylation sites is 1. The maximum absolute atomic E-state index is 13.3. The molecule has 0 bridgehead atoms. The SMILES string of the molecule is COc1ccccc1C1/C(=C(\O)c2ccc(C)c(C)c2)C(=O)C(=O)N1c1ccc(C)c(C)c1. The van der Waals surface area contributed by atoms with E-state index in [0.29, 0.717) is 22.6 Å². The molecule has 168 valence electrons. The van der Waals surface area contributed by atoms with Gasteiger partial charge in [-0.25, -0.2) is 0 Å². The second kappa shape index (κ2) is 8.58. The Bertz CT molecular complexity index is 1300. The number of aryl methyl sites for hydroxylation is 4. The number of amides is 1. The smallest absolute Gasteiger partial charge is 0.300 e. The van der Waals surface area contributed by atoms with Gasteiger partial charge in [-0.3, -0.25) is 14.5 Å². The van der Waals surface area contributed by atoms with Crippen molar-refractivity contribution in [2.24, 2.45) is 0 Å². The van der Waals surface area contributed by atoms with Crippen LogP contribution in [0.15, 0.2) is 66.2 Å². The van der Waals surface area contributed by atoms with Crippen molar-refractivity contribution in [2.45, 2.75) is 33.7 Å². The third-order valence-electron chi connectivity index (χ3n) is 6.43. The standard InChI is InChI=1S/C28H27NO4/c1-16-10-12-20(14-18(16)3)26(30)24-25(22-8-6-7-9-23(22)33-5)29(28(32)27(24)31)21-13-11-17(2)19(4)15-21/h6-15,25,30H,1-5H3/b26-24+. The van der Waals surface area contributed by atoms with Gasteiger partial charge in [0.1, 0.15) is 11.5 Å². The molecule has 1 atom stereocenters. The summed E-state index contributed by atoms with van der Waals surface area (Å²) in [5.41, 5.74) is 5.90. The van der Waals surface area contributed by atoms with Gasteiger partial charge in [-0.2, -0.15) is 0 Å². The molecule has 1 fully saturated rings. The minimum Gasteiger partial charge on any atom is -0.507 e. The third kappa shape index (κ3) is 3.80. The largest absolute Gasteiger partial charge is 0.507 e. The molecule has 0 spiro atoms. The molecule has 1 saturated heterocycles. The van der Waals surface area contributed by atoms with Crippen LogP contribution in [0.3, 0.4) is 0 Å². The fourth-order valence-corrected chi connectivity index (χ4v) is 4.21. The molecule has 5 nitrogen and oxygen atoms in total. The number of aliphatic hydroxyl groups is 1. The zero-order valence-corrected chi connectivity index (χ0v) is 19.5. The lowest BCUT2D eigenvalue weighted by Gasteiger charge is -2.27. The number of nitrogens with zero attached hydrogens (tertiary/aromatic N) is 1. The van der Waals surface area contributed by atoms with E-state index in [1.807, 2.05) is 76.2 Å². The lowest BCUT2D eigenvalue weighted by atomic mass is 9.93. The summed E-state index contributed by atoms with van der Waals surface area (Å²) in [5, 5.41) is 11.3. The Morgan fingerprint density at radius 3 is 2.12 bits per heavy atom. The molecule has 0 saturated carbocycles. The number of hydrogen-bond donors (Lipinski definition) is 1. The van der Waals surface area contributed by atoms with Crippen LogP contribution in [0.2, 0.25) is 0 Å². The van der Waals surface area contributed by atoms with Crippen LogP contribution in [-0.2, 0) is 9.59 Å². The topological polar surface area (TPSA) is 66.8 Å². The number of ether oxygens (including phenoxy) is 1. The molecule has 4 rings (SSSR count). The highest BCUT2D eigenvalue weighted by atomic mass is 16.5. The number of ketones is 1. The maximum Gasteiger partial charge on any atom is 0.300 e. The van der Waals surface area contributed by atoms with Gasteiger partial charge in [-0.15, -0.1) is 0 Å². The quantitative estimate of drug-likeness (QED) is 0.327. The maximum atomic E-state index is 13.3. The van der Waals surface area contributed by atoms with Crippen molar-refractivity contribution < 1.29 is 19.4 Å². The molecular formula is C28H27NO4. The van der Waals surface area contributed by atoms with E-state index < -0.39 is 17.7 Å². The number of benzene rings is 3. The summed E-state index contributed by atoms with van der Waals surface area (Å²) in [6, 6.07) is 17.5. The van der Waals surface area contributed by atoms with E-state index in [2.05, 4.69) is 0 Å². The van der Waals surface area contributed by atoms with E-state index in [-0.39, 0.29) is 11.3 Å². The van der Waals surface area contributed by atoms with E-state index in [1.165, 1.54) is 4.90 Å². The number of methoxy groups -OCH3 is 1. The van der Waals surface area contributed by atoms with Gasteiger partial charge >= 0.3 is 0 Å². The summed E-state index contributed by atoms with van der Waals surface area (Å²) in [4.78, 5) is 28.1. The van der Waals surface area contributed by atoms with Crippen molar-refractivity contribution in [1.29, 1.82) is 0 Å². The van der Waals surface area contributed by atoms with Gasteiger partial charge in [0.15, 0.2) is 0 Å². The first kappa shape index (κ1) is 22.3. The average Bonchev–Trinajstić information content (AvgIpc) is 3.07. The molecule has 1 amide bonds. The molecule has 3 aromatic carbocycles. The Kier molecular flexibility index (Phi) is 5.81. The van der Waals surface area contributed by atoms with Gasteiger partial charge < -0.3 is 9.84 Å². The Balaban J connectivity index is 2.00. The highest BCUT2D eigenvalue weighted by molar-refractivity contribution is 6.51. The van der Waals surface area contributed by atoms with Gasteiger partial charge in [-0.1, -0.05) is 36.4 Å². The molecule has 0 aliphatic carbocycles. The van der Waals surface area contributed by atoms with Crippen LogP contribution in [-0.4, -0.2) is 23.9 Å². The number of carbonyl (C=O) groups excluding carboxylic acids is 2. The fourth-order valence-electron chi connectivity index (χ4n) is 4.21. The van der Waals surface area contributed by atoms with Gasteiger partial charge in [0.05, 0.1) is 18.7 Å². The number of anilines is 1. The molecule has 5 heteroatoms. The predicted octanol–water partition coefficient (Wildman–Crippen LogP) is 5.56. The van der Waals surface area contributed by atoms with Crippen LogP contribution < -0.4 is 9.64 Å². The number of Topliss-reactive ketones (excluding diaryl/α,β-unsaturated/α-hetero) is 1.